The van der Waals surface area contributed by atoms with Gasteiger partial charge in [0.15, 0.2) is 0 Å². The van der Waals surface area contributed by atoms with Crippen LogP contribution in [0, 0.1) is 0 Å². The van der Waals surface area contributed by atoms with Gasteiger partial charge in [-0.3, -0.25) is 28.8 Å². The van der Waals surface area contributed by atoms with Crippen LogP contribution in [0.1, 0.15) is 219 Å². The van der Waals surface area contributed by atoms with E-state index in [1.54, 1.807) is 21.1 Å². The molecule has 0 aliphatic rings. The Kier molecular flexibility index (Phi) is 40.7. The first-order valence-corrected chi connectivity index (χ1v) is 26.9. The zero-order valence-corrected chi connectivity index (χ0v) is 45.0. The van der Waals surface area contributed by atoms with Gasteiger partial charge in [-0.2, -0.15) is 0 Å². The highest BCUT2D eigenvalue weighted by Gasteiger charge is 2.19. The van der Waals surface area contributed by atoms with Crippen LogP contribution in [0.15, 0.2) is 24.3 Å². The third-order valence-corrected chi connectivity index (χ3v) is 11.4. The summed E-state index contributed by atoms with van der Waals surface area (Å²) in [5.41, 5.74) is 0. The van der Waals surface area contributed by atoms with Crippen molar-refractivity contribution in [3.63, 3.8) is 0 Å². The summed E-state index contributed by atoms with van der Waals surface area (Å²) >= 11 is 0. The van der Waals surface area contributed by atoms with Gasteiger partial charge in [0.05, 0.1) is 27.6 Å². The fraction of sp³-hybridized carbons (Fsp3) is 0.818. The highest BCUT2D eigenvalue weighted by atomic mass is 16.7. The molecule has 0 N–H and O–H groups in total. The molecule has 14 heteroatoms. The summed E-state index contributed by atoms with van der Waals surface area (Å²) in [4.78, 5) is 78.6. The molecule has 0 saturated carbocycles. The van der Waals surface area contributed by atoms with E-state index < -0.39 is 0 Å². The second-order valence-electron chi connectivity index (χ2n) is 20.4. The van der Waals surface area contributed by atoms with Gasteiger partial charge >= 0.3 is 35.8 Å². The van der Waals surface area contributed by atoms with Crippen molar-refractivity contribution in [2.45, 2.75) is 232 Å². The minimum absolute atomic E-state index is 0.0924. The van der Waals surface area contributed by atoms with Crippen LogP contribution in [-0.4, -0.2) is 119 Å². The van der Waals surface area contributed by atoms with E-state index >= 15 is 0 Å². The van der Waals surface area contributed by atoms with Crippen LogP contribution in [-0.2, 0) is 57.3 Å². The summed E-state index contributed by atoms with van der Waals surface area (Å²) in [5.74, 6) is -1.83. The summed E-state index contributed by atoms with van der Waals surface area (Å²) in [7, 11) is 11.4. The Morgan fingerprint density at radius 1 is 0.406 bits per heavy atom. The number of likely N-dealkylation sites (N-methyl/N-ethyl adjacent to an activating group) is 1. The highest BCUT2D eigenvalue weighted by molar-refractivity contribution is 5.73. The van der Waals surface area contributed by atoms with E-state index in [0.29, 0.717) is 45.1 Å². The Morgan fingerprint density at radius 2 is 0.783 bits per heavy atom. The molecule has 0 radical (unpaired) electrons. The summed E-state index contributed by atoms with van der Waals surface area (Å²) in [6.07, 6.45) is 33.9. The smallest absolute Gasteiger partial charge is 0.366 e. The predicted octanol–water partition coefficient (Wildman–Crippen LogP) is 11.9. The molecule has 0 aromatic rings. The van der Waals surface area contributed by atoms with Crippen LogP contribution in [0.5, 0.6) is 0 Å². The molecule has 0 amide bonds. The van der Waals surface area contributed by atoms with E-state index in [1.807, 2.05) is 21.1 Å². The number of hydroxylamine groups is 3. The number of unbranched alkanes of at least 4 members (excludes halogenated alkanes) is 16. The molecule has 14 nitrogen and oxygen atoms in total. The average Bonchev–Trinajstić information content (AvgIpc) is 3.26. The number of hydrogen-bond acceptors (Lipinski definition) is 12. The molecule has 0 aliphatic carbocycles. The van der Waals surface area contributed by atoms with Gasteiger partial charge < -0.3 is 28.2 Å². The normalized spacial score (nSPS) is 12.8. The van der Waals surface area contributed by atoms with Crippen molar-refractivity contribution in [3.8, 4) is 0 Å². The molecule has 2 unspecified atom stereocenters. The van der Waals surface area contributed by atoms with Crippen LogP contribution in [0.25, 0.3) is 0 Å². The number of hydrogen-bond donors (Lipinski definition) is 0. The fourth-order valence-electron chi connectivity index (χ4n) is 7.31. The second kappa shape index (κ2) is 43.0. The summed E-state index contributed by atoms with van der Waals surface area (Å²) in [6, 6.07) is 0. The van der Waals surface area contributed by atoms with Gasteiger partial charge in [0.1, 0.15) is 46.5 Å². The lowest BCUT2D eigenvalue weighted by Gasteiger charge is -2.23. The molecule has 0 aromatic heterocycles. The molecule has 0 rings (SSSR count). The highest BCUT2D eigenvalue weighted by Crippen LogP contribution is 2.17. The topological polar surface area (TPSA) is 158 Å². The first-order valence-electron chi connectivity index (χ1n) is 26.9. The van der Waals surface area contributed by atoms with Crippen LogP contribution in [0.2, 0.25) is 0 Å². The van der Waals surface area contributed by atoms with Gasteiger partial charge in [-0.15, -0.1) is 4.65 Å². The van der Waals surface area contributed by atoms with Crippen molar-refractivity contribution in [2.75, 3.05) is 62.2 Å². The van der Waals surface area contributed by atoms with Crippen molar-refractivity contribution in [1.82, 2.24) is 0 Å². The summed E-state index contributed by atoms with van der Waals surface area (Å²) in [5, 5.41) is 0. The van der Waals surface area contributed by atoms with Gasteiger partial charge in [0.2, 0.25) is 6.79 Å². The van der Waals surface area contributed by atoms with E-state index in [2.05, 4.69) is 38.2 Å². The maximum absolute atomic E-state index is 12.6. The fourth-order valence-corrected chi connectivity index (χ4v) is 7.31. The Labute approximate surface area is 419 Å². The van der Waals surface area contributed by atoms with E-state index in [9.17, 15) is 28.8 Å². The Balaban J connectivity index is 4.09. The first kappa shape index (κ1) is 65.2. The number of rotatable bonds is 46. The summed E-state index contributed by atoms with van der Waals surface area (Å²) in [6.45, 7) is 5.13. The number of nitrogens with zero attached hydrogens (tertiary/aromatic N) is 2. The molecule has 0 spiro atoms. The number of carbonyl (C=O) groups is 6. The quantitative estimate of drug-likeness (QED) is 0.0108. The van der Waals surface area contributed by atoms with E-state index in [0.717, 1.165) is 139 Å². The van der Waals surface area contributed by atoms with Crippen LogP contribution in [0.3, 0.4) is 0 Å². The minimum atomic E-state index is -0.354. The molecule has 69 heavy (non-hydrogen) atoms. The molecular weight excluding hydrogens is 881 g/mol. The molecule has 0 bridgehead atoms. The molecule has 400 valence electrons. The average molecular weight is 981 g/mol. The Morgan fingerprint density at radius 3 is 1.22 bits per heavy atom. The largest absolute Gasteiger partial charge is 0.462 e. The predicted molar refractivity (Wildman–Crippen MR) is 272 cm³/mol. The Hall–Kier alpha value is -3.78. The SMILES string of the molecule is CCCCCCC(CC=CCCCCCCCC(=O)OCOC(=O)CCCCCCCC=CCC(CCCCCC)OC(=O)CCCC(=O)O[N+](C)(C)C)OC(=O)CCCC(=O)OCC[N+](C)(C)C. The van der Waals surface area contributed by atoms with Crippen LogP contribution >= 0.6 is 0 Å². The zero-order chi connectivity index (χ0) is 51.4. The number of quaternary nitrogens is 2. The maximum atomic E-state index is 12.6. The monoisotopic (exact) mass is 981 g/mol. The third-order valence-electron chi connectivity index (χ3n) is 11.4. The van der Waals surface area contributed by atoms with E-state index in [-0.39, 0.29) is 85.1 Å². The van der Waals surface area contributed by atoms with Gasteiger partial charge in [0.25, 0.3) is 0 Å². The molecular formula is C55H100N2O12+2. The third kappa shape index (κ3) is 47.7. The summed E-state index contributed by atoms with van der Waals surface area (Å²) < 4.78 is 27.9. The lowest BCUT2D eigenvalue weighted by atomic mass is 10.1. The van der Waals surface area contributed by atoms with Crippen molar-refractivity contribution < 1.29 is 66.4 Å². The first-order chi connectivity index (χ1) is 32.9. The zero-order valence-electron chi connectivity index (χ0n) is 45.0. The lowest BCUT2D eigenvalue weighted by molar-refractivity contribution is -1.04. The molecule has 2 atom stereocenters. The van der Waals surface area contributed by atoms with Gasteiger partial charge in [-0.25, -0.2) is 4.79 Å². The molecule has 0 heterocycles. The molecule has 0 fully saturated rings. The lowest BCUT2D eigenvalue weighted by Crippen LogP contribution is -2.38. The number of allylic oxidation sites excluding steroid dienone is 2. The van der Waals surface area contributed by atoms with E-state index in [1.165, 1.54) is 12.8 Å². The van der Waals surface area contributed by atoms with Crippen molar-refractivity contribution in [3.05, 3.63) is 24.3 Å². The molecule has 0 aromatic carbocycles. The Bertz CT molecular complexity index is 1420. The number of ether oxygens (including phenoxy) is 5. The van der Waals surface area contributed by atoms with Gasteiger partial charge in [0, 0.05) is 44.9 Å². The second-order valence-corrected chi connectivity index (χ2v) is 20.4. The maximum Gasteiger partial charge on any atom is 0.366 e. The van der Waals surface area contributed by atoms with Gasteiger partial charge in [-0.05, 0) is 77.0 Å². The number of carbonyl (C=O) groups excluding carboxylic acids is 6. The van der Waals surface area contributed by atoms with Crippen molar-refractivity contribution in [1.29, 1.82) is 0 Å². The van der Waals surface area contributed by atoms with Crippen LogP contribution in [0.4, 0.5) is 0 Å². The van der Waals surface area contributed by atoms with Crippen molar-refractivity contribution >= 4 is 35.8 Å². The molecule has 0 saturated heterocycles. The van der Waals surface area contributed by atoms with Crippen molar-refractivity contribution in [2.24, 2.45) is 0 Å². The molecule has 0 aliphatic heterocycles. The number of esters is 5. The van der Waals surface area contributed by atoms with E-state index in [4.69, 9.17) is 28.5 Å². The minimum Gasteiger partial charge on any atom is -0.462 e. The van der Waals surface area contributed by atoms with Crippen LogP contribution < -0.4 is 0 Å². The standard InChI is InChI=1S/C55H100N2O12/c1-9-11-13-27-35-48(67-53(61)42-33-41-50(58)64-46-45-56(3,4)5)37-29-23-19-15-17-21-25-31-39-51(59)65-47-66-52(60)40-32-26-22-18-16-20-24-30-38-49(36-28-14-12-10-2)68-54(62)43-34-44-55(63)69-57(6,7)8/h23-24,29-30,48-49H,9-22,25-28,31-47H2,1-8H3/q+2. The van der Waals surface area contributed by atoms with Gasteiger partial charge in [-0.1, -0.05) is 115 Å².